The fourth-order valence-corrected chi connectivity index (χ4v) is 6.29. The number of rotatable bonds is 8. The van der Waals surface area contributed by atoms with Gasteiger partial charge in [-0.15, -0.1) is 0 Å². The Balaban J connectivity index is 1.42. The topological polar surface area (TPSA) is 111 Å². The third-order valence-corrected chi connectivity index (χ3v) is 8.35. The van der Waals surface area contributed by atoms with E-state index in [4.69, 9.17) is 9.47 Å². The predicted molar refractivity (Wildman–Crippen MR) is 119 cm³/mol. The number of sulfonamides is 1. The van der Waals surface area contributed by atoms with Gasteiger partial charge in [-0.1, -0.05) is 0 Å². The maximum absolute atomic E-state index is 13.2. The van der Waals surface area contributed by atoms with Crippen LogP contribution in [0.4, 0.5) is 18.0 Å². The van der Waals surface area contributed by atoms with Gasteiger partial charge in [0.05, 0.1) is 37.3 Å². The quantitative estimate of drug-likeness (QED) is 0.561. The number of nitrogens with one attached hydrogen (secondary N) is 1. The first-order valence-electron chi connectivity index (χ1n) is 11.8. The molecule has 196 valence electrons. The van der Waals surface area contributed by atoms with Crippen LogP contribution in [-0.4, -0.2) is 72.1 Å². The van der Waals surface area contributed by atoms with E-state index < -0.39 is 51.9 Å². The van der Waals surface area contributed by atoms with Crippen molar-refractivity contribution in [2.75, 3.05) is 6.61 Å². The number of aromatic nitrogens is 2. The van der Waals surface area contributed by atoms with Crippen LogP contribution in [0.15, 0.2) is 12.4 Å². The second-order valence-electron chi connectivity index (χ2n) is 10.0. The number of hydrogen-bond donors (Lipinski definition) is 1. The molecule has 4 rings (SSSR count). The second-order valence-corrected chi connectivity index (χ2v) is 11.7. The van der Waals surface area contributed by atoms with E-state index in [2.05, 4.69) is 14.7 Å². The SMILES string of the molecule is CC(C)OC(=O)N1[C@H](C)C[C@H](NS(=O)(=O)C(F)F)[C@@H]1CO[C@@H]1CC[C@]2(c3ncc(F)cn3)CC2C1. The first-order valence-corrected chi connectivity index (χ1v) is 13.4. The van der Waals surface area contributed by atoms with Gasteiger partial charge < -0.3 is 9.47 Å². The standard InChI is InChI=1S/C22H31F3N4O5S/c1-12(2)34-21(30)29-13(3)6-17(28-35(31,32)20(24)25)18(29)11-33-16-4-5-22(8-14(22)7-16)19-26-9-15(23)10-27-19/h9-10,12-14,16-18,20,28H,4-8,11H2,1-3H3/t13-,14?,16-,17+,18+,22+/m1/s1. The van der Waals surface area contributed by atoms with Crippen molar-refractivity contribution in [1.82, 2.24) is 19.6 Å². The summed E-state index contributed by atoms with van der Waals surface area (Å²) in [6, 6.07) is -2.16. The summed E-state index contributed by atoms with van der Waals surface area (Å²) in [6.45, 7) is 5.07. The van der Waals surface area contributed by atoms with Crippen LogP contribution in [0, 0.1) is 11.7 Å². The van der Waals surface area contributed by atoms with E-state index in [0.717, 1.165) is 12.8 Å². The van der Waals surface area contributed by atoms with Crippen molar-refractivity contribution in [2.45, 2.75) is 94.4 Å². The molecule has 1 aliphatic heterocycles. The van der Waals surface area contributed by atoms with E-state index in [1.807, 2.05) is 0 Å². The van der Waals surface area contributed by atoms with Crippen molar-refractivity contribution >= 4 is 16.1 Å². The van der Waals surface area contributed by atoms with Gasteiger partial charge in [0.25, 0.3) is 10.0 Å². The Kier molecular flexibility index (Phi) is 7.31. The van der Waals surface area contributed by atoms with Crippen molar-refractivity contribution in [2.24, 2.45) is 5.92 Å². The molecular weight excluding hydrogens is 489 g/mol. The van der Waals surface area contributed by atoms with Gasteiger partial charge in [-0.25, -0.2) is 32.3 Å². The molecule has 9 nitrogen and oxygen atoms in total. The summed E-state index contributed by atoms with van der Waals surface area (Å²) in [5.74, 6) is -3.14. The predicted octanol–water partition coefficient (Wildman–Crippen LogP) is 2.96. The summed E-state index contributed by atoms with van der Waals surface area (Å²) < 4.78 is 76.5. The molecule has 2 saturated carbocycles. The molecule has 3 fully saturated rings. The molecule has 35 heavy (non-hydrogen) atoms. The Morgan fingerprint density at radius 3 is 2.57 bits per heavy atom. The minimum absolute atomic E-state index is 0.0224. The Morgan fingerprint density at radius 2 is 1.97 bits per heavy atom. The first-order chi connectivity index (χ1) is 16.4. The lowest BCUT2D eigenvalue weighted by molar-refractivity contribution is -0.0148. The molecule has 2 aliphatic carbocycles. The Morgan fingerprint density at radius 1 is 1.29 bits per heavy atom. The normalized spacial score (nSPS) is 32.7. The van der Waals surface area contributed by atoms with Gasteiger partial charge in [0.1, 0.15) is 5.82 Å². The summed E-state index contributed by atoms with van der Waals surface area (Å²) in [5, 5.41) is 0. The molecule has 1 aromatic rings. The van der Waals surface area contributed by atoms with E-state index in [9.17, 15) is 26.4 Å². The highest BCUT2D eigenvalue weighted by Gasteiger charge is 2.60. The molecule has 1 amide bonds. The number of likely N-dealkylation sites (tertiary alicyclic amines) is 1. The number of nitrogens with zero attached hydrogens (tertiary/aromatic N) is 3. The molecular formula is C22H31F3N4O5S. The lowest BCUT2D eigenvalue weighted by atomic mass is 9.86. The third-order valence-electron chi connectivity index (χ3n) is 7.25. The Labute approximate surface area is 202 Å². The molecule has 0 aromatic carbocycles. The van der Waals surface area contributed by atoms with Crippen LogP contribution in [0.3, 0.4) is 0 Å². The van der Waals surface area contributed by atoms with E-state index in [1.54, 1.807) is 20.8 Å². The molecule has 1 aromatic heterocycles. The second kappa shape index (κ2) is 9.81. The number of carbonyl (C=O) groups is 1. The van der Waals surface area contributed by atoms with Crippen LogP contribution in [-0.2, 0) is 24.9 Å². The van der Waals surface area contributed by atoms with Crippen molar-refractivity contribution < 1.29 is 35.9 Å². The van der Waals surface area contributed by atoms with Crippen LogP contribution >= 0.6 is 0 Å². The smallest absolute Gasteiger partial charge is 0.410 e. The number of fused-ring (bicyclic) bond motifs is 1. The first kappa shape index (κ1) is 26.1. The molecule has 1 unspecified atom stereocenters. The molecule has 1 saturated heterocycles. The fourth-order valence-electron chi connectivity index (χ4n) is 5.51. The lowest BCUT2D eigenvalue weighted by Gasteiger charge is -2.33. The summed E-state index contributed by atoms with van der Waals surface area (Å²) in [6.07, 6.45) is 4.34. The molecule has 6 atom stereocenters. The summed E-state index contributed by atoms with van der Waals surface area (Å²) >= 11 is 0. The molecule has 0 bridgehead atoms. The van der Waals surface area contributed by atoms with Crippen LogP contribution in [0.2, 0.25) is 0 Å². The van der Waals surface area contributed by atoms with E-state index >= 15 is 0 Å². The minimum atomic E-state index is -4.86. The zero-order valence-corrected chi connectivity index (χ0v) is 20.7. The van der Waals surface area contributed by atoms with Gasteiger partial charge in [0.2, 0.25) is 0 Å². The van der Waals surface area contributed by atoms with Crippen LogP contribution < -0.4 is 4.72 Å². The van der Waals surface area contributed by atoms with Crippen molar-refractivity contribution in [3.8, 4) is 0 Å². The summed E-state index contributed by atoms with van der Waals surface area (Å²) in [7, 11) is -4.86. The van der Waals surface area contributed by atoms with Gasteiger partial charge in [-0.3, -0.25) is 4.90 Å². The number of halogens is 3. The zero-order valence-electron chi connectivity index (χ0n) is 19.9. The fraction of sp³-hybridized carbons (Fsp3) is 0.773. The zero-order chi connectivity index (χ0) is 25.5. The molecule has 0 radical (unpaired) electrons. The number of ether oxygens (including phenoxy) is 2. The lowest BCUT2D eigenvalue weighted by Crippen LogP contribution is -2.51. The van der Waals surface area contributed by atoms with Gasteiger partial charge in [-0.05, 0) is 58.8 Å². The number of hydrogen-bond acceptors (Lipinski definition) is 7. The Hall–Kier alpha value is -1.99. The number of amides is 1. The average Bonchev–Trinajstić information content (AvgIpc) is 3.42. The van der Waals surface area contributed by atoms with E-state index in [0.29, 0.717) is 18.7 Å². The maximum Gasteiger partial charge on any atom is 0.410 e. The number of alkyl halides is 2. The van der Waals surface area contributed by atoms with Gasteiger partial charge in [0.15, 0.2) is 5.82 Å². The monoisotopic (exact) mass is 520 g/mol. The van der Waals surface area contributed by atoms with Gasteiger partial charge in [0, 0.05) is 17.5 Å². The molecule has 1 N–H and O–H groups in total. The van der Waals surface area contributed by atoms with E-state index in [-0.39, 0.29) is 30.5 Å². The summed E-state index contributed by atoms with van der Waals surface area (Å²) in [5.41, 5.74) is -0.169. The van der Waals surface area contributed by atoms with Crippen LogP contribution in [0.1, 0.15) is 58.7 Å². The average molecular weight is 521 g/mol. The molecule has 2 heterocycles. The number of carbonyl (C=O) groups excluding carboxylic acids is 1. The van der Waals surface area contributed by atoms with E-state index in [1.165, 1.54) is 17.3 Å². The Bertz CT molecular complexity index is 1030. The van der Waals surface area contributed by atoms with Gasteiger partial charge >= 0.3 is 11.9 Å². The van der Waals surface area contributed by atoms with Crippen LogP contribution in [0.25, 0.3) is 0 Å². The summed E-state index contributed by atoms with van der Waals surface area (Å²) in [4.78, 5) is 22.4. The highest BCUT2D eigenvalue weighted by molar-refractivity contribution is 7.89. The highest BCUT2D eigenvalue weighted by Crippen LogP contribution is 2.61. The maximum atomic E-state index is 13.2. The van der Waals surface area contributed by atoms with Crippen LogP contribution in [0.5, 0.6) is 0 Å². The van der Waals surface area contributed by atoms with Crippen molar-refractivity contribution in [3.05, 3.63) is 24.0 Å². The molecule has 13 heteroatoms. The highest BCUT2D eigenvalue weighted by atomic mass is 32.2. The minimum Gasteiger partial charge on any atom is -0.447 e. The third kappa shape index (κ3) is 5.41. The van der Waals surface area contributed by atoms with Crippen molar-refractivity contribution in [3.63, 3.8) is 0 Å². The molecule has 0 spiro atoms. The van der Waals surface area contributed by atoms with Gasteiger partial charge in [-0.2, -0.15) is 8.78 Å². The largest absolute Gasteiger partial charge is 0.447 e. The molecule has 3 aliphatic rings. The van der Waals surface area contributed by atoms with Crippen molar-refractivity contribution in [1.29, 1.82) is 0 Å².